The van der Waals surface area contributed by atoms with Crippen molar-refractivity contribution in [3.05, 3.63) is 54.6 Å². The van der Waals surface area contributed by atoms with Gasteiger partial charge in [0.1, 0.15) is 17.3 Å². The highest BCUT2D eigenvalue weighted by Gasteiger charge is 2.03. The van der Waals surface area contributed by atoms with Gasteiger partial charge in [-0.1, -0.05) is 18.2 Å². The number of nitrogens with one attached hydrogen (secondary N) is 3. The Hall–Kier alpha value is -2.70. The molecule has 1 amide bonds. The van der Waals surface area contributed by atoms with E-state index in [9.17, 15) is 9.59 Å². The maximum Gasteiger partial charge on any atom is 0.238 e. The minimum absolute atomic E-state index is 0.0820. The fraction of sp³-hybridized carbons (Fsp3) is 0.333. The molecule has 0 spiro atoms. The Balaban J connectivity index is 1.59. The molecule has 0 unspecified atom stereocenters. The molecule has 6 heteroatoms. The maximum atomic E-state index is 11.9. The van der Waals surface area contributed by atoms with Crippen LogP contribution in [-0.2, 0) is 9.59 Å². The summed E-state index contributed by atoms with van der Waals surface area (Å²) < 4.78 is 5.72. The molecule has 144 valence electrons. The van der Waals surface area contributed by atoms with Gasteiger partial charge in [-0.15, -0.1) is 0 Å². The van der Waals surface area contributed by atoms with E-state index >= 15 is 0 Å². The second-order valence-corrected chi connectivity index (χ2v) is 6.25. The minimum Gasteiger partial charge on any atom is -0.457 e. The Bertz CT molecular complexity index is 702. The first-order valence-electron chi connectivity index (χ1n) is 9.17. The molecule has 0 heterocycles. The van der Waals surface area contributed by atoms with Gasteiger partial charge in [0.2, 0.25) is 5.91 Å². The number of amides is 1. The van der Waals surface area contributed by atoms with Crippen LogP contribution in [0.3, 0.4) is 0 Å². The smallest absolute Gasteiger partial charge is 0.238 e. The first-order valence-corrected chi connectivity index (χ1v) is 9.17. The molecule has 0 saturated carbocycles. The lowest BCUT2D eigenvalue weighted by atomic mass is 10.3. The van der Waals surface area contributed by atoms with Crippen LogP contribution in [0.15, 0.2) is 54.6 Å². The summed E-state index contributed by atoms with van der Waals surface area (Å²) in [6.07, 6.45) is 1.91. The second-order valence-electron chi connectivity index (χ2n) is 6.25. The summed E-state index contributed by atoms with van der Waals surface area (Å²) in [5, 5.41) is 9.04. The Labute approximate surface area is 160 Å². The zero-order chi connectivity index (χ0) is 19.3. The third kappa shape index (κ3) is 8.99. The third-order valence-corrected chi connectivity index (χ3v) is 3.73. The topological polar surface area (TPSA) is 79.5 Å². The lowest BCUT2D eigenvalue weighted by molar-refractivity contribution is -0.116. The van der Waals surface area contributed by atoms with E-state index in [0.717, 1.165) is 43.1 Å². The first kappa shape index (κ1) is 20.6. The van der Waals surface area contributed by atoms with Crippen LogP contribution in [-0.4, -0.2) is 37.9 Å². The van der Waals surface area contributed by atoms with Gasteiger partial charge in [-0.2, -0.15) is 0 Å². The summed E-state index contributed by atoms with van der Waals surface area (Å²) in [6, 6.07) is 16.8. The quantitative estimate of drug-likeness (QED) is 0.501. The Morgan fingerprint density at radius 3 is 2.04 bits per heavy atom. The van der Waals surface area contributed by atoms with Gasteiger partial charge in [0.15, 0.2) is 0 Å². The van der Waals surface area contributed by atoms with Crippen molar-refractivity contribution in [2.75, 3.05) is 31.5 Å². The maximum absolute atomic E-state index is 11.9. The molecule has 0 fully saturated rings. The van der Waals surface area contributed by atoms with Crippen LogP contribution in [0.25, 0.3) is 0 Å². The van der Waals surface area contributed by atoms with Crippen molar-refractivity contribution in [2.45, 2.75) is 19.8 Å². The van der Waals surface area contributed by atoms with Gasteiger partial charge in [-0.3, -0.25) is 9.59 Å². The third-order valence-electron chi connectivity index (χ3n) is 3.73. The normalized spacial score (nSPS) is 10.4. The molecule has 27 heavy (non-hydrogen) atoms. The molecule has 0 atom stereocenters. The van der Waals surface area contributed by atoms with Gasteiger partial charge in [-0.05, 0) is 69.3 Å². The number of unbranched alkanes of at least 4 members (excludes halogenated alkanes) is 1. The van der Waals surface area contributed by atoms with E-state index in [0.29, 0.717) is 6.54 Å². The molecule has 3 N–H and O–H groups in total. The monoisotopic (exact) mass is 369 g/mol. The number of carbonyl (C=O) groups is 2. The van der Waals surface area contributed by atoms with Crippen LogP contribution in [0, 0.1) is 0 Å². The van der Waals surface area contributed by atoms with Crippen molar-refractivity contribution < 1.29 is 14.3 Å². The number of carbonyl (C=O) groups excluding carboxylic acids is 2. The molecule has 2 aromatic rings. The van der Waals surface area contributed by atoms with Crippen molar-refractivity contribution in [3.8, 4) is 11.5 Å². The summed E-state index contributed by atoms with van der Waals surface area (Å²) in [5.74, 6) is 1.55. The fourth-order valence-electron chi connectivity index (χ4n) is 2.40. The summed E-state index contributed by atoms with van der Waals surface area (Å²) in [4.78, 5) is 22.7. The lowest BCUT2D eigenvalue weighted by Crippen LogP contribution is -2.29. The number of hydrogen-bond donors (Lipinski definition) is 3. The zero-order valence-corrected chi connectivity index (χ0v) is 15.7. The van der Waals surface area contributed by atoms with Crippen LogP contribution in [0.2, 0.25) is 0 Å². The van der Waals surface area contributed by atoms with Crippen LogP contribution < -0.4 is 20.7 Å². The number of anilines is 1. The molecule has 0 saturated heterocycles. The minimum atomic E-state index is -0.0820. The molecule has 0 aliphatic rings. The van der Waals surface area contributed by atoms with E-state index in [1.807, 2.05) is 54.6 Å². The van der Waals surface area contributed by atoms with Gasteiger partial charge in [0.05, 0.1) is 13.1 Å². The number of para-hydroxylation sites is 1. The lowest BCUT2D eigenvalue weighted by Gasteiger charge is -2.09. The molecule has 0 bridgehead atoms. The second kappa shape index (κ2) is 11.8. The largest absolute Gasteiger partial charge is 0.457 e. The molecule has 6 nitrogen and oxygen atoms in total. The number of Topliss-reactive ketones (excluding diaryl/α,β-unsaturated/α-hetero) is 1. The van der Waals surface area contributed by atoms with Crippen LogP contribution >= 0.6 is 0 Å². The molecular formula is C21H27N3O3. The Morgan fingerprint density at radius 2 is 1.41 bits per heavy atom. The zero-order valence-electron chi connectivity index (χ0n) is 15.7. The fourth-order valence-corrected chi connectivity index (χ4v) is 2.40. The van der Waals surface area contributed by atoms with Gasteiger partial charge < -0.3 is 20.7 Å². The molecular weight excluding hydrogens is 342 g/mol. The van der Waals surface area contributed by atoms with E-state index < -0.39 is 0 Å². The van der Waals surface area contributed by atoms with Gasteiger partial charge in [-0.25, -0.2) is 0 Å². The highest BCUT2D eigenvalue weighted by molar-refractivity contribution is 5.92. The van der Waals surface area contributed by atoms with Crippen molar-refractivity contribution in [3.63, 3.8) is 0 Å². The van der Waals surface area contributed by atoms with E-state index in [2.05, 4.69) is 16.0 Å². The molecule has 0 aliphatic heterocycles. The van der Waals surface area contributed by atoms with Crippen molar-refractivity contribution in [1.82, 2.24) is 10.6 Å². The van der Waals surface area contributed by atoms with E-state index in [-0.39, 0.29) is 18.2 Å². The van der Waals surface area contributed by atoms with E-state index in [1.165, 1.54) is 0 Å². The summed E-state index contributed by atoms with van der Waals surface area (Å²) >= 11 is 0. The molecule has 0 aromatic heterocycles. The van der Waals surface area contributed by atoms with Crippen LogP contribution in [0.4, 0.5) is 5.69 Å². The Kier molecular flexibility index (Phi) is 9.03. The predicted octanol–water partition coefficient (Wildman–Crippen LogP) is 2.97. The number of hydrogen-bond acceptors (Lipinski definition) is 5. The van der Waals surface area contributed by atoms with Crippen LogP contribution in [0.1, 0.15) is 19.8 Å². The summed E-state index contributed by atoms with van der Waals surface area (Å²) in [5.41, 5.74) is 0.732. The van der Waals surface area contributed by atoms with Crippen molar-refractivity contribution >= 4 is 17.4 Å². The SMILES string of the molecule is CC(=O)CNCCCCNCC(=O)Nc1ccc(Oc2ccccc2)cc1. The highest BCUT2D eigenvalue weighted by atomic mass is 16.5. The van der Waals surface area contributed by atoms with Crippen molar-refractivity contribution in [2.24, 2.45) is 0 Å². The standard InChI is InChI=1S/C21H27N3O3/c1-17(25)15-22-13-5-6-14-23-16-21(26)24-18-9-11-20(12-10-18)27-19-7-3-2-4-8-19/h2-4,7-12,22-23H,5-6,13-16H2,1H3,(H,24,26). The molecule has 2 rings (SSSR count). The van der Waals surface area contributed by atoms with Gasteiger partial charge in [0.25, 0.3) is 0 Å². The van der Waals surface area contributed by atoms with Crippen LogP contribution in [0.5, 0.6) is 11.5 Å². The predicted molar refractivity (Wildman–Crippen MR) is 107 cm³/mol. The average molecular weight is 369 g/mol. The van der Waals surface area contributed by atoms with Gasteiger partial charge in [0, 0.05) is 5.69 Å². The van der Waals surface area contributed by atoms with Crippen molar-refractivity contribution in [1.29, 1.82) is 0 Å². The average Bonchev–Trinajstić information content (AvgIpc) is 2.66. The number of ether oxygens (including phenoxy) is 1. The van der Waals surface area contributed by atoms with Gasteiger partial charge >= 0.3 is 0 Å². The molecule has 0 aliphatic carbocycles. The van der Waals surface area contributed by atoms with E-state index in [1.54, 1.807) is 6.92 Å². The highest BCUT2D eigenvalue weighted by Crippen LogP contribution is 2.22. The van der Waals surface area contributed by atoms with E-state index in [4.69, 9.17) is 4.74 Å². The number of rotatable bonds is 12. The first-order chi connectivity index (χ1) is 13.1. The molecule has 2 aromatic carbocycles. The number of ketones is 1. The summed E-state index contributed by atoms with van der Waals surface area (Å²) in [7, 11) is 0. The summed E-state index contributed by atoms with van der Waals surface area (Å²) in [6.45, 7) is 3.83. The molecule has 0 radical (unpaired) electrons. The Morgan fingerprint density at radius 1 is 0.815 bits per heavy atom. The number of benzene rings is 2.